The molecule has 0 bridgehead atoms. The molecule has 1 fully saturated rings. The molecule has 0 radical (unpaired) electrons. The van der Waals surface area contributed by atoms with Crippen molar-refractivity contribution < 1.29 is 19.1 Å². The van der Waals surface area contributed by atoms with Gasteiger partial charge in [0.05, 0.1) is 12.8 Å². The highest BCUT2D eigenvalue weighted by molar-refractivity contribution is 5.89. The fourth-order valence-corrected chi connectivity index (χ4v) is 2.63. The van der Waals surface area contributed by atoms with Crippen molar-refractivity contribution in [2.45, 2.75) is 25.4 Å². The lowest BCUT2D eigenvalue weighted by atomic mass is 10.2. The second kappa shape index (κ2) is 8.98. The largest absolute Gasteiger partial charge is 0.497 e. The van der Waals surface area contributed by atoms with Gasteiger partial charge in [-0.25, -0.2) is 4.79 Å². The van der Waals surface area contributed by atoms with Gasteiger partial charge >= 0.3 is 5.97 Å². The minimum Gasteiger partial charge on any atom is -0.497 e. The third-order valence-electron chi connectivity index (χ3n) is 4.24. The highest BCUT2D eigenvalue weighted by atomic mass is 16.5. The van der Waals surface area contributed by atoms with Gasteiger partial charge in [-0.05, 0) is 48.7 Å². The van der Waals surface area contributed by atoms with E-state index in [1.807, 2.05) is 30.3 Å². The Morgan fingerprint density at radius 1 is 1.19 bits per heavy atom. The number of rotatable bonds is 8. The lowest BCUT2D eigenvalue weighted by Crippen LogP contribution is -2.35. The van der Waals surface area contributed by atoms with Gasteiger partial charge < -0.3 is 14.4 Å². The number of methoxy groups -OCH3 is 1. The Balaban J connectivity index is 1.52. The van der Waals surface area contributed by atoms with Gasteiger partial charge in [0.1, 0.15) is 5.75 Å². The molecule has 27 heavy (non-hydrogen) atoms. The van der Waals surface area contributed by atoms with Gasteiger partial charge in [-0.2, -0.15) is 0 Å². The summed E-state index contributed by atoms with van der Waals surface area (Å²) in [7, 11) is 1.62. The maximum absolute atomic E-state index is 12.5. The Labute approximate surface area is 158 Å². The zero-order valence-electron chi connectivity index (χ0n) is 15.2. The van der Waals surface area contributed by atoms with Crippen molar-refractivity contribution in [3.63, 3.8) is 0 Å². The molecule has 1 heterocycles. The Kier molecular flexibility index (Phi) is 6.20. The molecule has 0 N–H and O–H groups in total. The average molecular weight is 366 g/mol. The molecule has 140 valence electrons. The van der Waals surface area contributed by atoms with Crippen LogP contribution in [0.1, 0.15) is 24.1 Å². The van der Waals surface area contributed by atoms with E-state index in [9.17, 15) is 9.59 Å². The van der Waals surface area contributed by atoms with Crippen LogP contribution >= 0.6 is 0 Å². The summed E-state index contributed by atoms with van der Waals surface area (Å²) in [6.07, 6.45) is 6.44. The summed E-state index contributed by atoms with van der Waals surface area (Å²) < 4.78 is 10.2. The zero-order chi connectivity index (χ0) is 19.1. The molecule has 0 spiro atoms. The third kappa shape index (κ3) is 5.67. The van der Waals surface area contributed by atoms with Crippen LogP contribution in [0.2, 0.25) is 0 Å². The van der Waals surface area contributed by atoms with Gasteiger partial charge in [-0.1, -0.05) is 18.2 Å². The van der Waals surface area contributed by atoms with E-state index >= 15 is 0 Å². The van der Waals surface area contributed by atoms with E-state index in [1.165, 1.54) is 6.08 Å². The molecule has 0 unspecified atom stereocenters. The van der Waals surface area contributed by atoms with Crippen molar-refractivity contribution in [3.05, 3.63) is 66.0 Å². The Hall–Kier alpha value is -3.15. The van der Waals surface area contributed by atoms with E-state index in [1.54, 1.807) is 36.4 Å². The van der Waals surface area contributed by atoms with Crippen LogP contribution in [0.3, 0.4) is 0 Å². The predicted octanol–water partition coefficient (Wildman–Crippen LogP) is 2.84. The second-order valence-corrected chi connectivity index (χ2v) is 6.30. The van der Waals surface area contributed by atoms with Gasteiger partial charge in [-0.15, -0.1) is 0 Å². The van der Waals surface area contributed by atoms with Crippen molar-refractivity contribution in [3.8, 4) is 5.75 Å². The average Bonchev–Trinajstić information content (AvgIpc) is 3.55. The van der Waals surface area contributed by atoms with Crippen LogP contribution in [0.4, 0.5) is 0 Å². The minimum absolute atomic E-state index is 0.187. The highest BCUT2D eigenvalue weighted by Crippen LogP contribution is 2.28. The molecule has 0 atom stereocenters. The van der Waals surface area contributed by atoms with Crippen LogP contribution in [0, 0.1) is 0 Å². The summed E-state index contributed by atoms with van der Waals surface area (Å²) in [4.78, 5) is 30.2. The van der Waals surface area contributed by atoms with Crippen LogP contribution in [-0.4, -0.2) is 41.5 Å². The molecule has 6 heteroatoms. The maximum Gasteiger partial charge on any atom is 0.331 e. The number of nitrogens with zero attached hydrogens (tertiary/aromatic N) is 2. The lowest BCUT2D eigenvalue weighted by Gasteiger charge is -2.22. The van der Waals surface area contributed by atoms with Gasteiger partial charge in [0.15, 0.2) is 6.61 Å². The smallest absolute Gasteiger partial charge is 0.331 e. The summed E-state index contributed by atoms with van der Waals surface area (Å²) in [5, 5.41) is 0. The molecule has 1 amide bonds. The number of amides is 1. The second-order valence-electron chi connectivity index (χ2n) is 6.30. The summed E-state index contributed by atoms with van der Waals surface area (Å²) in [5.74, 6) is 0.0266. The number of esters is 1. The Morgan fingerprint density at radius 2 is 1.96 bits per heavy atom. The van der Waals surface area contributed by atoms with Gasteiger partial charge in [0.25, 0.3) is 5.91 Å². The quantitative estimate of drug-likeness (QED) is 0.531. The number of hydrogen-bond acceptors (Lipinski definition) is 5. The van der Waals surface area contributed by atoms with E-state index < -0.39 is 5.97 Å². The van der Waals surface area contributed by atoms with Crippen LogP contribution in [-0.2, 0) is 20.9 Å². The monoisotopic (exact) mass is 366 g/mol. The summed E-state index contributed by atoms with van der Waals surface area (Å²) in [6.45, 7) is 0.229. The van der Waals surface area contributed by atoms with Gasteiger partial charge in [0, 0.05) is 24.9 Å². The first kappa shape index (κ1) is 18.6. The third-order valence-corrected chi connectivity index (χ3v) is 4.24. The minimum atomic E-state index is -0.561. The molecule has 1 aliphatic rings. The zero-order valence-corrected chi connectivity index (χ0v) is 15.2. The first-order valence-corrected chi connectivity index (χ1v) is 8.84. The number of ether oxygens (including phenoxy) is 2. The molecule has 1 aromatic heterocycles. The normalized spacial score (nSPS) is 13.4. The molecule has 3 rings (SSSR count). The molecular formula is C21H22N2O4. The molecule has 1 aliphatic carbocycles. The van der Waals surface area contributed by atoms with E-state index in [0.717, 1.165) is 24.2 Å². The summed E-state index contributed by atoms with van der Waals surface area (Å²) in [5.41, 5.74) is 1.66. The van der Waals surface area contributed by atoms with E-state index in [4.69, 9.17) is 9.47 Å². The van der Waals surface area contributed by atoms with Gasteiger partial charge in [-0.3, -0.25) is 9.78 Å². The van der Waals surface area contributed by atoms with Crippen LogP contribution in [0.15, 0.2) is 54.7 Å². The Morgan fingerprint density at radius 3 is 2.59 bits per heavy atom. The number of benzene rings is 1. The van der Waals surface area contributed by atoms with Crippen molar-refractivity contribution in [1.82, 2.24) is 9.88 Å². The number of carbonyl (C=O) groups is 2. The van der Waals surface area contributed by atoms with Crippen LogP contribution in [0.5, 0.6) is 5.75 Å². The first-order chi connectivity index (χ1) is 13.2. The molecule has 0 aliphatic heterocycles. The lowest BCUT2D eigenvalue weighted by molar-refractivity contribution is -0.148. The SMILES string of the molecule is COc1ccc(CN(C(=O)COC(=O)C=Cc2ccccn2)C2CC2)cc1. The van der Waals surface area contributed by atoms with E-state index in [0.29, 0.717) is 12.2 Å². The van der Waals surface area contributed by atoms with Crippen molar-refractivity contribution >= 4 is 18.0 Å². The number of carbonyl (C=O) groups excluding carboxylic acids is 2. The predicted molar refractivity (Wildman–Crippen MR) is 101 cm³/mol. The fraction of sp³-hybridized carbons (Fsp3) is 0.286. The standard InChI is InChI=1S/C21H22N2O4/c1-26-19-10-5-16(6-11-19)14-23(18-8-9-18)20(24)15-27-21(25)12-7-17-4-2-3-13-22-17/h2-7,10-13,18H,8-9,14-15H2,1H3. The maximum atomic E-state index is 12.5. The fourth-order valence-electron chi connectivity index (χ4n) is 2.63. The molecule has 1 saturated carbocycles. The molecule has 1 aromatic carbocycles. The Bertz CT molecular complexity index is 799. The summed E-state index contributed by atoms with van der Waals surface area (Å²) >= 11 is 0. The molecule has 0 saturated heterocycles. The van der Waals surface area contributed by atoms with E-state index in [2.05, 4.69) is 4.98 Å². The van der Waals surface area contributed by atoms with Crippen molar-refractivity contribution in [2.24, 2.45) is 0 Å². The van der Waals surface area contributed by atoms with E-state index in [-0.39, 0.29) is 18.6 Å². The molecular weight excluding hydrogens is 344 g/mol. The van der Waals surface area contributed by atoms with Crippen LogP contribution in [0.25, 0.3) is 6.08 Å². The number of pyridine rings is 1. The van der Waals surface area contributed by atoms with Gasteiger partial charge in [0.2, 0.25) is 0 Å². The first-order valence-electron chi connectivity index (χ1n) is 8.84. The molecule has 2 aromatic rings. The van der Waals surface area contributed by atoms with Crippen molar-refractivity contribution in [1.29, 1.82) is 0 Å². The van der Waals surface area contributed by atoms with Crippen molar-refractivity contribution in [2.75, 3.05) is 13.7 Å². The van der Waals surface area contributed by atoms with Crippen LogP contribution < -0.4 is 4.74 Å². The number of aromatic nitrogens is 1. The highest BCUT2D eigenvalue weighted by Gasteiger charge is 2.32. The molecule has 6 nitrogen and oxygen atoms in total. The number of hydrogen-bond donors (Lipinski definition) is 0. The summed E-state index contributed by atoms with van der Waals surface area (Å²) in [6, 6.07) is 13.2. The topological polar surface area (TPSA) is 68.7 Å².